The third-order valence-electron chi connectivity index (χ3n) is 4.43. The highest BCUT2D eigenvalue weighted by Crippen LogP contribution is 2.25. The summed E-state index contributed by atoms with van der Waals surface area (Å²) in [5.41, 5.74) is 2.48. The number of hydrogen-bond donors (Lipinski definition) is 1. The average Bonchev–Trinajstić information content (AvgIpc) is 3.10. The van der Waals surface area contributed by atoms with Crippen LogP contribution in [-0.2, 0) is 16.1 Å². The molecule has 1 atom stereocenters. The summed E-state index contributed by atoms with van der Waals surface area (Å²) in [5, 5.41) is 3.21. The molecule has 2 fully saturated rings. The second-order valence-electron chi connectivity index (χ2n) is 6.08. The van der Waals surface area contributed by atoms with Crippen LogP contribution in [0, 0.1) is 0 Å². The minimum Gasteiger partial charge on any atom is -0.371 e. The third-order valence-corrected chi connectivity index (χ3v) is 4.43. The van der Waals surface area contributed by atoms with Crippen LogP contribution in [0.3, 0.4) is 0 Å². The normalized spacial score (nSPS) is 21.9. The molecule has 120 valence electrons. The molecule has 5 nitrogen and oxygen atoms in total. The molecule has 0 aromatic heterocycles. The first-order valence-electron chi connectivity index (χ1n) is 8.16. The van der Waals surface area contributed by atoms with Crippen LogP contribution in [0.15, 0.2) is 24.3 Å². The van der Waals surface area contributed by atoms with Crippen molar-refractivity contribution in [2.24, 2.45) is 0 Å². The molecule has 2 aliphatic heterocycles. The molecule has 1 aromatic carbocycles. The highest BCUT2D eigenvalue weighted by Gasteiger charge is 2.25. The lowest BCUT2D eigenvalue weighted by Crippen LogP contribution is -2.48. The molecule has 0 bridgehead atoms. The van der Waals surface area contributed by atoms with Crippen molar-refractivity contribution in [2.45, 2.75) is 25.5 Å². The number of ether oxygens (including phenoxy) is 1. The Balaban J connectivity index is 1.68. The van der Waals surface area contributed by atoms with Gasteiger partial charge in [-0.25, -0.2) is 0 Å². The molecule has 2 heterocycles. The Morgan fingerprint density at radius 2 is 2.14 bits per heavy atom. The van der Waals surface area contributed by atoms with Gasteiger partial charge in [-0.15, -0.1) is 0 Å². The number of anilines is 1. The van der Waals surface area contributed by atoms with Gasteiger partial charge in [0.1, 0.15) is 6.10 Å². The zero-order valence-corrected chi connectivity index (χ0v) is 13.3. The first-order chi connectivity index (χ1) is 10.8. The average molecular weight is 303 g/mol. The Labute approximate surface area is 132 Å². The molecular weight excluding hydrogens is 278 g/mol. The number of hydrogen-bond acceptors (Lipinski definition) is 4. The number of rotatable bonds is 4. The van der Waals surface area contributed by atoms with Crippen molar-refractivity contribution in [2.75, 3.05) is 44.7 Å². The molecule has 0 aliphatic carbocycles. The molecule has 0 saturated carbocycles. The van der Waals surface area contributed by atoms with Gasteiger partial charge in [0.05, 0.1) is 6.61 Å². The summed E-state index contributed by atoms with van der Waals surface area (Å²) in [6.07, 6.45) is 2.16. The number of nitrogens with one attached hydrogen (secondary N) is 1. The largest absolute Gasteiger partial charge is 0.371 e. The van der Waals surface area contributed by atoms with E-state index >= 15 is 0 Å². The van der Waals surface area contributed by atoms with E-state index in [0.29, 0.717) is 19.7 Å². The van der Waals surface area contributed by atoms with E-state index < -0.39 is 0 Å². The predicted octanol–water partition coefficient (Wildman–Crippen LogP) is 1.23. The maximum absolute atomic E-state index is 12.5. The van der Waals surface area contributed by atoms with Crippen molar-refractivity contribution in [1.82, 2.24) is 10.2 Å². The second kappa shape index (κ2) is 7.11. The molecule has 2 saturated heterocycles. The van der Waals surface area contributed by atoms with Crippen molar-refractivity contribution in [3.05, 3.63) is 29.8 Å². The topological polar surface area (TPSA) is 44.8 Å². The number of carbonyl (C=O) groups excluding carboxylic acids is 1. The van der Waals surface area contributed by atoms with Gasteiger partial charge in [-0.05, 0) is 24.5 Å². The van der Waals surface area contributed by atoms with Crippen LogP contribution >= 0.6 is 0 Å². The Morgan fingerprint density at radius 3 is 2.86 bits per heavy atom. The van der Waals surface area contributed by atoms with Gasteiger partial charge in [0.15, 0.2) is 0 Å². The van der Waals surface area contributed by atoms with Crippen molar-refractivity contribution >= 4 is 11.6 Å². The van der Waals surface area contributed by atoms with Crippen molar-refractivity contribution in [3.8, 4) is 0 Å². The fourth-order valence-electron chi connectivity index (χ4n) is 3.21. The molecule has 1 N–H and O–H groups in total. The smallest absolute Gasteiger partial charge is 0.253 e. The predicted molar refractivity (Wildman–Crippen MR) is 87.0 cm³/mol. The minimum atomic E-state index is -0.349. The number of para-hydroxylation sites is 1. The lowest BCUT2D eigenvalue weighted by molar-refractivity contribution is -0.144. The minimum absolute atomic E-state index is 0.0587. The molecule has 22 heavy (non-hydrogen) atoms. The zero-order chi connectivity index (χ0) is 15.4. The highest BCUT2D eigenvalue weighted by atomic mass is 16.5. The number of likely N-dealkylation sites (N-methyl/N-ethyl adjacent to an activating group) is 1. The van der Waals surface area contributed by atoms with Gasteiger partial charge in [0.2, 0.25) is 0 Å². The van der Waals surface area contributed by atoms with Gasteiger partial charge < -0.3 is 19.9 Å². The van der Waals surface area contributed by atoms with Crippen LogP contribution < -0.4 is 10.2 Å². The maximum Gasteiger partial charge on any atom is 0.253 e. The van der Waals surface area contributed by atoms with Crippen LogP contribution in [-0.4, -0.2) is 56.7 Å². The van der Waals surface area contributed by atoms with Crippen LogP contribution in [0.2, 0.25) is 0 Å². The van der Waals surface area contributed by atoms with Crippen molar-refractivity contribution < 1.29 is 9.53 Å². The molecule has 5 heteroatoms. The Hall–Kier alpha value is -1.59. The molecule has 1 aromatic rings. The molecule has 0 spiro atoms. The van der Waals surface area contributed by atoms with Crippen molar-refractivity contribution in [1.29, 1.82) is 0 Å². The van der Waals surface area contributed by atoms with E-state index in [9.17, 15) is 4.79 Å². The summed E-state index contributed by atoms with van der Waals surface area (Å²) >= 11 is 0. The van der Waals surface area contributed by atoms with E-state index in [0.717, 1.165) is 19.6 Å². The maximum atomic E-state index is 12.5. The summed E-state index contributed by atoms with van der Waals surface area (Å²) < 4.78 is 5.56. The Bertz CT molecular complexity index is 508. The van der Waals surface area contributed by atoms with E-state index in [1.165, 1.54) is 24.1 Å². The molecule has 3 rings (SSSR count). The molecule has 1 amide bonds. The van der Waals surface area contributed by atoms with Gasteiger partial charge in [0, 0.05) is 45.5 Å². The van der Waals surface area contributed by atoms with E-state index in [1.54, 1.807) is 4.90 Å². The van der Waals surface area contributed by atoms with E-state index in [2.05, 4.69) is 28.4 Å². The fourth-order valence-corrected chi connectivity index (χ4v) is 3.21. The van der Waals surface area contributed by atoms with Crippen LogP contribution in [0.25, 0.3) is 0 Å². The molecule has 0 unspecified atom stereocenters. The highest BCUT2D eigenvalue weighted by molar-refractivity contribution is 5.81. The Kier molecular flexibility index (Phi) is 4.95. The van der Waals surface area contributed by atoms with Gasteiger partial charge in [-0.1, -0.05) is 18.2 Å². The fraction of sp³-hybridized carbons (Fsp3) is 0.588. The van der Waals surface area contributed by atoms with E-state index in [-0.39, 0.29) is 12.0 Å². The van der Waals surface area contributed by atoms with Gasteiger partial charge >= 0.3 is 0 Å². The number of amides is 1. The molecule has 2 aliphatic rings. The molecular formula is C17H25N3O2. The second-order valence-corrected chi connectivity index (χ2v) is 6.08. The summed E-state index contributed by atoms with van der Waals surface area (Å²) in [7, 11) is 1.86. The lowest BCUT2D eigenvalue weighted by atomic mass is 10.1. The summed E-state index contributed by atoms with van der Waals surface area (Å²) in [6.45, 7) is 4.90. The standard InChI is InChI=1S/C17H25N3O2/c1-19(17(21)16-12-18-8-11-22-16)13-14-6-2-3-7-15(14)20-9-4-5-10-20/h2-3,6-7,16,18H,4-5,8-13H2,1H3/t16-/m0/s1. The monoisotopic (exact) mass is 303 g/mol. The van der Waals surface area contributed by atoms with Crippen LogP contribution in [0.5, 0.6) is 0 Å². The van der Waals surface area contributed by atoms with Gasteiger partial charge in [-0.2, -0.15) is 0 Å². The van der Waals surface area contributed by atoms with Gasteiger partial charge in [0.25, 0.3) is 5.91 Å². The third kappa shape index (κ3) is 3.42. The first-order valence-corrected chi connectivity index (χ1v) is 8.16. The lowest BCUT2D eigenvalue weighted by Gasteiger charge is -2.29. The summed E-state index contributed by atoms with van der Waals surface area (Å²) in [5.74, 6) is 0.0587. The summed E-state index contributed by atoms with van der Waals surface area (Å²) in [6, 6.07) is 8.41. The van der Waals surface area contributed by atoms with E-state index in [1.807, 2.05) is 13.1 Å². The first kappa shape index (κ1) is 15.3. The zero-order valence-electron chi connectivity index (χ0n) is 13.3. The molecule has 0 radical (unpaired) electrons. The van der Waals surface area contributed by atoms with Crippen LogP contribution in [0.1, 0.15) is 18.4 Å². The Morgan fingerprint density at radius 1 is 1.36 bits per heavy atom. The van der Waals surface area contributed by atoms with Gasteiger partial charge in [-0.3, -0.25) is 4.79 Å². The number of benzene rings is 1. The van der Waals surface area contributed by atoms with Crippen molar-refractivity contribution in [3.63, 3.8) is 0 Å². The number of carbonyl (C=O) groups is 1. The quantitative estimate of drug-likeness (QED) is 0.909. The SMILES string of the molecule is CN(Cc1ccccc1N1CCCC1)C(=O)[C@@H]1CNCCO1. The number of morpholine rings is 1. The number of nitrogens with zero attached hydrogens (tertiary/aromatic N) is 2. The van der Waals surface area contributed by atoms with E-state index in [4.69, 9.17) is 4.74 Å². The summed E-state index contributed by atoms with van der Waals surface area (Å²) in [4.78, 5) is 16.7. The van der Waals surface area contributed by atoms with Crippen LogP contribution in [0.4, 0.5) is 5.69 Å².